The summed E-state index contributed by atoms with van der Waals surface area (Å²) < 4.78 is 2.74. The first-order chi connectivity index (χ1) is 9.24. The van der Waals surface area contributed by atoms with E-state index in [1.165, 1.54) is 82.9 Å². The highest BCUT2D eigenvalue weighted by molar-refractivity contribution is 14.1. The van der Waals surface area contributed by atoms with E-state index in [2.05, 4.69) is 51.5 Å². The van der Waals surface area contributed by atoms with Crippen LogP contribution in [0.3, 0.4) is 0 Å². The molecule has 0 radical (unpaired) electrons. The number of hydrogen-bond donors (Lipinski definition) is 0. The molecule has 0 N–H and O–H groups in total. The lowest BCUT2D eigenvalue weighted by atomic mass is 10.0. The maximum absolute atomic E-state index is 3.65. The molecule has 0 atom stereocenters. The predicted octanol–water partition coefficient (Wildman–Crippen LogP) is 7.58. The smallest absolute Gasteiger partial charge is 0.0741 e. The molecule has 1 aromatic rings. The Morgan fingerprint density at radius 2 is 1.47 bits per heavy atom. The lowest BCUT2D eigenvalue weighted by Crippen LogP contribution is -1.85. The highest BCUT2D eigenvalue weighted by Crippen LogP contribution is 2.30. The molecule has 0 unspecified atom stereocenters. The van der Waals surface area contributed by atoms with E-state index in [0.717, 1.165) is 0 Å². The van der Waals surface area contributed by atoms with Crippen LogP contribution in [0.2, 0.25) is 0 Å². The van der Waals surface area contributed by atoms with Crippen molar-refractivity contribution in [2.24, 2.45) is 0 Å². The first kappa shape index (κ1) is 18.0. The van der Waals surface area contributed by atoms with Gasteiger partial charge in [-0.1, -0.05) is 64.7 Å². The minimum Gasteiger partial charge on any atom is -0.122 e. The molecule has 3 heteroatoms. The first-order valence-electron chi connectivity index (χ1n) is 7.67. The number of rotatable bonds is 11. The van der Waals surface area contributed by atoms with E-state index in [9.17, 15) is 0 Å². The van der Waals surface area contributed by atoms with Crippen molar-refractivity contribution in [2.45, 2.75) is 77.6 Å². The normalized spacial score (nSPS) is 11.1. The van der Waals surface area contributed by atoms with E-state index in [1.54, 1.807) is 0 Å². The summed E-state index contributed by atoms with van der Waals surface area (Å²) in [5.74, 6) is 0. The van der Waals surface area contributed by atoms with Gasteiger partial charge in [0.2, 0.25) is 0 Å². The topological polar surface area (TPSA) is 0 Å². The monoisotopic (exact) mass is 456 g/mol. The first-order valence-corrected chi connectivity index (χ1v) is 10.4. The van der Waals surface area contributed by atoms with E-state index in [1.807, 2.05) is 11.3 Å². The minimum absolute atomic E-state index is 1.25. The molecule has 0 fully saturated rings. The number of halogens is 2. The van der Waals surface area contributed by atoms with Crippen molar-refractivity contribution < 1.29 is 0 Å². The van der Waals surface area contributed by atoms with Gasteiger partial charge in [0.25, 0.3) is 0 Å². The van der Waals surface area contributed by atoms with E-state index in [0.29, 0.717) is 0 Å². The van der Waals surface area contributed by atoms with Gasteiger partial charge >= 0.3 is 0 Å². The fourth-order valence-electron chi connectivity index (χ4n) is 2.35. The van der Waals surface area contributed by atoms with Gasteiger partial charge in [-0.2, -0.15) is 0 Å². The van der Waals surface area contributed by atoms with Crippen molar-refractivity contribution in [1.82, 2.24) is 0 Å². The zero-order valence-corrected chi connectivity index (χ0v) is 16.6. The van der Waals surface area contributed by atoms with Crippen LogP contribution < -0.4 is 0 Å². The second-order valence-electron chi connectivity index (χ2n) is 5.28. The quantitative estimate of drug-likeness (QED) is 0.237. The molecule has 0 saturated carbocycles. The molecule has 1 aromatic heterocycles. The molecule has 0 saturated heterocycles. The van der Waals surface area contributed by atoms with Gasteiger partial charge in [0, 0.05) is 0 Å². The number of unbranched alkanes of at least 4 members (excludes halogenated alkanes) is 9. The summed E-state index contributed by atoms with van der Waals surface area (Å²) in [7, 11) is 0. The summed E-state index contributed by atoms with van der Waals surface area (Å²) in [4.78, 5) is 0. The van der Waals surface area contributed by atoms with Crippen LogP contribution in [0.25, 0.3) is 0 Å². The van der Waals surface area contributed by atoms with Crippen molar-refractivity contribution in [2.75, 3.05) is 0 Å². The maximum atomic E-state index is 3.65. The second kappa shape index (κ2) is 11.6. The van der Waals surface area contributed by atoms with Crippen LogP contribution in [-0.2, 0) is 6.42 Å². The molecule has 1 heterocycles. The SMILES string of the molecule is CCCCCCCCCCCCc1cc(I)sc1Br. The van der Waals surface area contributed by atoms with Gasteiger partial charge in [-0.15, -0.1) is 11.3 Å². The summed E-state index contributed by atoms with van der Waals surface area (Å²) in [6, 6.07) is 2.32. The third-order valence-electron chi connectivity index (χ3n) is 3.53. The predicted molar refractivity (Wildman–Crippen MR) is 100 cm³/mol. The van der Waals surface area contributed by atoms with Gasteiger partial charge in [0.15, 0.2) is 0 Å². The lowest BCUT2D eigenvalue weighted by molar-refractivity contribution is 0.556. The fourth-order valence-corrected chi connectivity index (χ4v) is 5.79. The van der Waals surface area contributed by atoms with Crippen molar-refractivity contribution >= 4 is 49.9 Å². The molecule has 0 aromatic carbocycles. The Bertz CT molecular complexity index is 335. The van der Waals surface area contributed by atoms with Crippen molar-refractivity contribution in [3.05, 3.63) is 18.3 Å². The molecule has 110 valence electrons. The van der Waals surface area contributed by atoms with Crippen molar-refractivity contribution in [3.8, 4) is 0 Å². The molecule has 1 rings (SSSR count). The van der Waals surface area contributed by atoms with Crippen LogP contribution in [0.4, 0.5) is 0 Å². The lowest BCUT2D eigenvalue weighted by Gasteiger charge is -2.02. The summed E-state index contributed by atoms with van der Waals surface area (Å²) in [6.45, 7) is 2.28. The maximum Gasteiger partial charge on any atom is 0.0741 e. The number of aryl methyl sites for hydroxylation is 1. The molecule has 0 spiro atoms. The van der Waals surface area contributed by atoms with Crippen molar-refractivity contribution in [1.29, 1.82) is 0 Å². The molecular weight excluding hydrogens is 431 g/mol. The van der Waals surface area contributed by atoms with Crippen LogP contribution in [0.1, 0.15) is 76.7 Å². The molecule has 0 aliphatic rings. The number of thiophene rings is 1. The summed E-state index contributed by atoms with van der Waals surface area (Å²) >= 11 is 7.92. The summed E-state index contributed by atoms with van der Waals surface area (Å²) in [5.41, 5.74) is 1.51. The molecule has 0 amide bonds. The zero-order valence-electron chi connectivity index (χ0n) is 12.0. The van der Waals surface area contributed by atoms with Crippen molar-refractivity contribution in [3.63, 3.8) is 0 Å². The van der Waals surface area contributed by atoms with E-state index < -0.39 is 0 Å². The molecule has 0 bridgehead atoms. The molecule has 19 heavy (non-hydrogen) atoms. The number of hydrogen-bond acceptors (Lipinski definition) is 1. The van der Waals surface area contributed by atoms with Gasteiger partial charge in [-0.05, 0) is 63.0 Å². The Morgan fingerprint density at radius 1 is 0.947 bits per heavy atom. The standard InChI is InChI=1S/C16H26BrIS/c1-2-3-4-5-6-7-8-9-10-11-12-14-13-15(18)19-16(14)17/h13H,2-12H2,1H3. The highest BCUT2D eigenvalue weighted by atomic mass is 127. The summed E-state index contributed by atoms with van der Waals surface area (Å²) in [5, 5.41) is 0. The van der Waals surface area contributed by atoms with Gasteiger partial charge in [0.05, 0.1) is 6.67 Å². The Morgan fingerprint density at radius 3 is 1.95 bits per heavy atom. The van der Waals surface area contributed by atoms with Gasteiger partial charge < -0.3 is 0 Å². The average molecular weight is 457 g/mol. The average Bonchev–Trinajstić information content (AvgIpc) is 2.70. The van der Waals surface area contributed by atoms with Gasteiger partial charge in [0.1, 0.15) is 0 Å². The van der Waals surface area contributed by atoms with E-state index in [-0.39, 0.29) is 0 Å². The Kier molecular flexibility index (Phi) is 10.9. The zero-order chi connectivity index (χ0) is 13.9. The Balaban J connectivity index is 1.90. The van der Waals surface area contributed by atoms with Crippen LogP contribution in [0.15, 0.2) is 9.85 Å². The van der Waals surface area contributed by atoms with Gasteiger partial charge in [-0.3, -0.25) is 0 Å². The van der Waals surface area contributed by atoms with E-state index in [4.69, 9.17) is 0 Å². The van der Waals surface area contributed by atoms with Crippen LogP contribution >= 0.6 is 49.9 Å². The third kappa shape index (κ3) is 8.71. The Labute approximate surface area is 145 Å². The highest BCUT2D eigenvalue weighted by Gasteiger charge is 2.04. The van der Waals surface area contributed by atoms with Gasteiger partial charge in [-0.25, -0.2) is 0 Å². The third-order valence-corrected chi connectivity index (χ3v) is 6.25. The second-order valence-corrected chi connectivity index (χ2v) is 9.55. The van der Waals surface area contributed by atoms with Crippen LogP contribution in [0, 0.1) is 2.88 Å². The van der Waals surface area contributed by atoms with E-state index >= 15 is 0 Å². The molecule has 0 nitrogen and oxygen atoms in total. The van der Waals surface area contributed by atoms with Crippen LogP contribution in [0.5, 0.6) is 0 Å². The molecule has 0 aliphatic heterocycles. The Hall–Kier alpha value is 0.910. The minimum atomic E-state index is 1.25. The molecular formula is C16H26BrIS. The molecule has 0 aliphatic carbocycles. The fraction of sp³-hybridized carbons (Fsp3) is 0.750. The van der Waals surface area contributed by atoms with Crippen LogP contribution in [-0.4, -0.2) is 0 Å². The largest absolute Gasteiger partial charge is 0.122 e. The summed E-state index contributed by atoms with van der Waals surface area (Å²) in [6.07, 6.45) is 15.4.